The van der Waals surface area contributed by atoms with Crippen LogP contribution in [0.5, 0.6) is 0 Å². The van der Waals surface area contributed by atoms with Crippen molar-refractivity contribution in [1.82, 2.24) is 0 Å². The Labute approximate surface area is 149 Å². The molecule has 1 nitrogen and oxygen atoms in total. The van der Waals surface area contributed by atoms with Gasteiger partial charge in [0.25, 0.3) is 0 Å². The zero-order chi connectivity index (χ0) is 16.1. The van der Waals surface area contributed by atoms with Crippen molar-refractivity contribution in [3.8, 4) is 11.1 Å². The summed E-state index contributed by atoms with van der Waals surface area (Å²) in [5.41, 5.74) is 4.09. The van der Waals surface area contributed by atoms with E-state index in [4.69, 9.17) is 0 Å². The highest BCUT2D eigenvalue weighted by Crippen LogP contribution is 2.19. The fourth-order valence-electron chi connectivity index (χ4n) is 2.30. The maximum absolute atomic E-state index is 12.1. The summed E-state index contributed by atoms with van der Waals surface area (Å²) in [5, 5.41) is 0. The van der Waals surface area contributed by atoms with Crippen LogP contribution >= 0.6 is 22.6 Å². The van der Waals surface area contributed by atoms with E-state index in [1.165, 1.54) is 11.1 Å². The number of allylic oxidation sites excluding steroid dienone is 1. The first-order valence-corrected chi connectivity index (χ1v) is 8.44. The zero-order valence-corrected chi connectivity index (χ0v) is 14.6. The molecule has 0 saturated heterocycles. The number of benzene rings is 3. The van der Waals surface area contributed by atoms with Gasteiger partial charge in [-0.1, -0.05) is 72.8 Å². The molecule has 0 heterocycles. The van der Waals surface area contributed by atoms with E-state index in [1.54, 1.807) is 6.08 Å². The molecule has 0 radical (unpaired) electrons. The van der Waals surface area contributed by atoms with Crippen LogP contribution in [0.3, 0.4) is 0 Å². The summed E-state index contributed by atoms with van der Waals surface area (Å²) in [6.07, 6.45) is 3.48. The van der Waals surface area contributed by atoms with Crippen molar-refractivity contribution in [1.29, 1.82) is 0 Å². The van der Waals surface area contributed by atoms with Gasteiger partial charge in [0.2, 0.25) is 0 Å². The summed E-state index contributed by atoms with van der Waals surface area (Å²) in [6, 6.07) is 26.0. The molecule has 3 aromatic carbocycles. The minimum Gasteiger partial charge on any atom is -0.289 e. The quantitative estimate of drug-likeness (QED) is 0.299. The van der Waals surface area contributed by atoms with E-state index >= 15 is 0 Å². The average Bonchev–Trinajstić information content (AvgIpc) is 2.61. The molecule has 0 aliphatic carbocycles. The summed E-state index contributed by atoms with van der Waals surface area (Å²) in [6.45, 7) is 0. The summed E-state index contributed by atoms with van der Waals surface area (Å²) in [4.78, 5) is 12.1. The molecular weight excluding hydrogens is 395 g/mol. The lowest BCUT2D eigenvalue weighted by Gasteiger charge is -2.02. The average molecular weight is 410 g/mol. The second kappa shape index (κ2) is 7.38. The molecule has 3 aromatic rings. The molecule has 0 aliphatic rings. The molecule has 0 fully saturated rings. The van der Waals surface area contributed by atoms with Gasteiger partial charge in [-0.15, -0.1) is 0 Å². The lowest BCUT2D eigenvalue weighted by molar-refractivity contribution is 0.104. The number of hydrogen-bond acceptors (Lipinski definition) is 1. The van der Waals surface area contributed by atoms with Crippen LogP contribution in [0, 0.1) is 3.57 Å². The minimum atomic E-state index is 0.0218. The van der Waals surface area contributed by atoms with Crippen LogP contribution in [0.2, 0.25) is 0 Å². The second-order valence-electron chi connectivity index (χ2n) is 5.19. The van der Waals surface area contributed by atoms with Crippen molar-refractivity contribution >= 4 is 34.5 Å². The lowest BCUT2D eigenvalue weighted by Crippen LogP contribution is -1.93. The third kappa shape index (κ3) is 4.17. The number of halogens is 1. The highest BCUT2D eigenvalue weighted by atomic mass is 127. The Balaban J connectivity index is 1.73. The maximum atomic E-state index is 12.1. The molecule has 0 saturated carbocycles. The van der Waals surface area contributed by atoms with Crippen LogP contribution < -0.4 is 0 Å². The first-order chi connectivity index (χ1) is 11.2. The van der Waals surface area contributed by atoms with Crippen molar-refractivity contribution in [2.75, 3.05) is 0 Å². The van der Waals surface area contributed by atoms with Crippen LogP contribution in [-0.4, -0.2) is 5.78 Å². The summed E-state index contributed by atoms with van der Waals surface area (Å²) in [7, 11) is 0. The number of ketones is 1. The van der Waals surface area contributed by atoms with Gasteiger partial charge < -0.3 is 0 Å². The Hall–Kier alpha value is -2.20. The fraction of sp³-hybridized carbons (Fsp3) is 0. The molecular formula is C21H15IO. The van der Waals surface area contributed by atoms with E-state index in [9.17, 15) is 4.79 Å². The molecule has 112 valence electrons. The van der Waals surface area contributed by atoms with Crippen LogP contribution in [-0.2, 0) is 0 Å². The van der Waals surface area contributed by atoms with Gasteiger partial charge in [0.05, 0.1) is 0 Å². The van der Waals surface area contributed by atoms with Gasteiger partial charge >= 0.3 is 0 Å². The standard InChI is InChI=1S/C21H15IO/c22-20-13-11-19(12-14-20)21(23)15-8-16-6-9-18(10-7-16)17-4-2-1-3-5-17/h1-15H. The third-order valence-corrected chi connectivity index (χ3v) is 4.29. The summed E-state index contributed by atoms with van der Waals surface area (Å²) in [5.74, 6) is 0.0218. The molecule has 0 bridgehead atoms. The molecule has 0 aromatic heterocycles. The maximum Gasteiger partial charge on any atom is 0.185 e. The van der Waals surface area contributed by atoms with Crippen LogP contribution in [0.4, 0.5) is 0 Å². The summed E-state index contributed by atoms with van der Waals surface area (Å²) < 4.78 is 1.12. The van der Waals surface area contributed by atoms with E-state index in [0.717, 1.165) is 9.13 Å². The fourth-order valence-corrected chi connectivity index (χ4v) is 2.66. The minimum absolute atomic E-state index is 0.0218. The molecule has 23 heavy (non-hydrogen) atoms. The van der Waals surface area contributed by atoms with Gasteiger partial charge in [-0.05, 0) is 57.5 Å². The van der Waals surface area contributed by atoms with Crippen molar-refractivity contribution in [2.45, 2.75) is 0 Å². The SMILES string of the molecule is O=C(C=Cc1ccc(-c2ccccc2)cc1)c1ccc(I)cc1. The zero-order valence-electron chi connectivity index (χ0n) is 12.4. The van der Waals surface area contributed by atoms with Crippen LogP contribution in [0.25, 0.3) is 17.2 Å². The monoisotopic (exact) mass is 410 g/mol. The number of carbonyl (C=O) groups excluding carboxylic acids is 1. The van der Waals surface area contributed by atoms with E-state index in [0.29, 0.717) is 5.56 Å². The molecule has 0 spiro atoms. The normalized spacial score (nSPS) is 10.8. The first-order valence-electron chi connectivity index (χ1n) is 7.36. The highest BCUT2D eigenvalue weighted by molar-refractivity contribution is 14.1. The molecule has 0 amide bonds. The van der Waals surface area contributed by atoms with Crippen LogP contribution in [0.1, 0.15) is 15.9 Å². The van der Waals surface area contributed by atoms with Crippen molar-refractivity contribution < 1.29 is 4.79 Å². The van der Waals surface area contributed by atoms with Gasteiger partial charge in [-0.25, -0.2) is 0 Å². The third-order valence-electron chi connectivity index (χ3n) is 3.57. The highest BCUT2D eigenvalue weighted by Gasteiger charge is 2.01. The van der Waals surface area contributed by atoms with Gasteiger partial charge in [-0.2, -0.15) is 0 Å². The Kier molecular flexibility index (Phi) is 5.03. The molecule has 0 atom stereocenters. The van der Waals surface area contributed by atoms with Gasteiger partial charge in [-0.3, -0.25) is 4.79 Å². The topological polar surface area (TPSA) is 17.1 Å². The number of rotatable bonds is 4. The van der Waals surface area contributed by atoms with Crippen LogP contribution in [0.15, 0.2) is 84.9 Å². The van der Waals surface area contributed by atoms with Crippen molar-refractivity contribution in [2.24, 2.45) is 0 Å². The first kappa shape index (κ1) is 15.7. The number of carbonyl (C=O) groups is 1. The van der Waals surface area contributed by atoms with E-state index < -0.39 is 0 Å². The molecule has 0 N–H and O–H groups in total. The molecule has 0 aliphatic heterocycles. The van der Waals surface area contributed by atoms with E-state index in [-0.39, 0.29) is 5.78 Å². The number of hydrogen-bond donors (Lipinski definition) is 0. The van der Waals surface area contributed by atoms with Gasteiger partial charge in [0, 0.05) is 9.13 Å². The molecule has 3 rings (SSSR count). The predicted octanol–water partition coefficient (Wildman–Crippen LogP) is 5.85. The van der Waals surface area contributed by atoms with Gasteiger partial charge in [0.1, 0.15) is 0 Å². The van der Waals surface area contributed by atoms with E-state index in [2.05, 4.69) is 46.9 Å². The lowest BCUT2D eigenvalue weighted by atomic mass is 10.0. The summed E-state index contributed by atoms with van der Waals surface area (Å²) >= 11 is 2.23. The van der Waals surface area contributed by atoms with Gasteiger partial charge in [0.15, 0.2) is 5.78 Å². The Morgan fingerprint density at radius 2 is 1.35 bits per heavy atom. The Bertz CT molecular complexity index is 816. The smallest absolute Gasteiger partial charge is 0.185 e. The Morgan fingerprint density at radius 3 is 2.00 bits per heavy atom. The largest absolute Gasteiger partial charge is 0.289 e. The second-order valence-corrected chi connectivity index (χ2v) is 6.44. The predicted molar refractivity (Wildman–Crippen MR) is 104 cm³/mol. The Morgan fingerprint density at radius 1 is 0.739 bits per heavy atom. The van der Waals surface area contributed by atoms with Crippen molar-refractivity contribution in [3.05, 3.63) is 99.6 Å². The molecule has 2 heteroatoms. The molecule has 0 unspecified atom stereocenters. The van der Waals surface area contributed by atoms with Crippen molar-refractivity contribution in [3.63, 3.8) is 0 Å². The van der Waals surface area contributed by atoms with E-state index in [1.807, 2.05) is 60.7 Å².